The third kappa shape index (κ3) is 5.85. The molecule has 17 heavy (non-hydrogen) atoms. The third-order valence-corrected chi connectivity index (χ3v) is 2.63. The van der Waals surface area contributed by atoms with Gasteiger partial charge in [0.05, 0.1) is 12.2 Å². The molecule has 0 saturated carbocycles. The van der Waals surface area contributed by atoms with Crippen molar-refractivity contribution in [3.05, 3.63) is 35.4 Å². The summed E-state index contributed by atoms with van der Waals surface area (Å²) in [4.78, 5) is 0. The molecule has 1 rings (SSSR count). The van der Waals surface area contributed by atoms with Crippen LogP contribution in [0.15, 0.2) is 24.3 Å². The average Bonchev–Trinajstić information content (AvgIpc) is 2.27. The van der Waals surface area contributed by atoms with Crippen LogP contribution >= 0.6 is 0 Å². The van der Waals surface area contributed by atoms with Crippen LogP contribution in [0.3, 0.4) is 0 Å². The lowest BCUT2D eigenvalue weighted by Crippen LogP contribution is -2.26. The molecule has 0 saturated heterocycles. The Balaban J connectivity index is 2.27. The molecule has 0 spiro atoms. The lowest BCUT2D eigenvalue weighted by Gasteiger charge is -2.19. The molecule has 2 heteroatoms. The van der Waals surface area contributed by atoms with E-state index in [2.05, 4.69) is 57.3 Å². The maximum absolute atomic E-state index is 5.66. The molecule has 0 aliphatic heterocycles. The number of benzene rings is 1. The second-order valence-corrected chi connectivity index (χ2v) is 5.26. The number of rotatable bonds is 6. The number of ether oxygens (including phenoxy) is 1. The van der Waals surface area contributed by atoms with Crippen LogP contribution in [0.5, 0.6) is 0 Å². The van der Waals surface area contributed by atoms with Gasteiger partial charge in [0.1, 0.15) is 0 Å². The van der Waals surface area contributed by atoms with Crippen LogP contribution in [0.25, 0.3) is 0 Å². The standard InChI is InChI=1S/C15H25NO/c1-5-13-8-6-7-9-14(13)12-16-10-11-17-15(2,3)4/h6-9,16H,5,10-12H2,1-4H3. The number of aryl methyl sites for hydroxylation is 1. The first kappa shape index (κ1) is 14.2. The summed E-state index contributed by atoms with van der Waals surface area (Å²) < 4.78 is 5.66. The normalized spacial score (nSPS) is 11.8. The molecule has 0 aliphatic carbocycles. The van der Waals surface area contributed by atoms with Gasteiger partial charge in [0.2, 0.25) is 0 Å². The zero-order valence-electron chi connectivity index (χ0n) is 11.5. The van der Waals surface area contributed by atoms with E-state index >= 15 is 0 Å². The smallest absolute Gasteiger partial charge is 0.0599 e. The zero-order valence-corrected chi connectivity index (χ0v) is 11.5. The van der Waals surface area contributed by atoms with Crippen molar-refractivity contribution in [1.29, 1.82) is 0 Å². The van der Waals surface area contributed by atoms with E-state index in [0.29, 0.717) is 0 Å². The molecule has 0 fully saturated rings. The van der Waals surface area contributed by atoms with Gasteiger partial charge in [-0.25, -0.2) is 0 Å². The van der Waals surface area contributed by atoms with Gasteiger partial charge in [0, 0.05) is 13.1 Å². The second kappa shape index (κ2) is 6.77. The molecule has 1 aromatic rings. The second-order valence-electron chi connectivity index (χ2n) is 5.26. The minimum Gasteiger partial charge on any atom is -0.375 e. The Kier molecular flexibility index (Phi) is 5.66. The van der Waals surface area contributed by atoms with Crippen molar-refractivity contribution >= 4 is 0 Å². The SMILES string of the molecule is CCc1ccccc1CNCCOC(C)(C)C. The highest BCUT2D eigenvalue weighted by atomic mass is 16.5. The van der Waals surface area contributed by atoms with Gasteiger partial charge in [0.25, 0.3) is 0 Å². The first-order valence-corrected chi connectivity index (χ1v) is 6.44. The summed E-state index contributed by atoms with van der Waals surface area (Å²) in [5, 5.41) is 3.42. The molecule has 0 aliphatic rings. The maximum atomic E-state index is 5.66. The first-order valence-electron chi connectivity index (χ1n) is 6.44. The fraction of sp³-hybridized carbons (Fsp3) is 0.600. The van der Waals surface area contributed by atoms with E-state index in [1.54, 1.807) is 0 Å². The van der Waals surface area contributed by atoms with Crippen molar-refractivity contribution < 1.29 is 4.74 Å². The lowest BCUT2D eigenvalue weighted by atomic mass is 10.1. The van der Waals surface area contributed by atoms with Crippen LogP contribution in [0.1, 0.15) is 38.8 Å². The van der Waals surface area contributed by atoms with E-state index in [-0.39, 0.29) is 5.60 Å². The summed E-state index contributed by atoms with van der Waals surface area (Å²) in [7, 11) is 0. The molecule has 1 N–H and O–H groups in total. The van der Waals surface area contributed by atoms with Crippen molar-refractivity contribution in [1.82, 2.24) is 5.32 Å². The summed E-state index contributed by atoms with van der Waals surface area (Å²) in [6.45, 7) is 11.0. The third-order valence-electron chi connectivity index (χ3n) is 2.63. The molecule has 2 nitrogen and oxygen atoms in total. The molecule has 0 aromatic heterocycles. The van der Waals surface area contributed by atoms with Gasteiger partial charge >= 0.3 is 0 Å². The molecule has 96 valence electrons. The van der Waals surface area contributed by atoms with Gasteiger partial charge in [-0.2, -0.15) is 0 Å². The zero-order chi connectivity index (χ0) is 12.7. The van der Waals surface area contributed by atoms with Gasteiger partial charge < -0.3 is 10.1 Å². The summed E-state index contributed by atoms with van der Waals surface area (Å²) in [5.74, 6) is 0. The van der Waals surface area contributed by atoms with Gasteiger partial charge in [0.15, 0.2) is 0 Å². The van der Waals surface area contributed by atoms with E-state index in [9.17, 15) is 0 Å². The van der Waals surface area contributed by atoms with Crippen LogP contribution in [-0.4, -0.2) is 18.8 Å². The van der Waals surface area contributed by atoms with Crippen LogP contribution < -0.4 is 5.32 Å². The Labute approximate surface area is 105 Å². The first-order chi connectivity index (χ1) is 8.03. The Hall–Kier alpha value is -0.860. The van der Waals surface area contributed by atoms with Gasteiger partial charge in [-0.05, 0) is 38.3 Å². The molecule has 0 radical (unpaired) electrons. The van der Waals surface area contributed by atoms with E-state index in [4.69, 9.17) is 4.74 Å². The molecule has 0 amide bonds. The van der Waals surface area contributed by atoms with Crippen LogP contribution in [-0.2, 0) is 17.7 Å². The molecule has 0 bridgehead atoms. The highest BCUT2D eigenvalue weighted by molar-refractivity contribution is 5.26. The average molecular weight is 235 g/mol. The van der Waals surface area contributed by atoms with Gasteiger partial charge in [-0.1, -0.05) is 31.2 Å². The monoisotopic (exact) mass is 235 g/mol. The Morgan fingerprint density at radius 1 is 1.12 bits per heavy atom. The predicted molar refractivity (Wildman–Crippen MR) is 73.2 cm³/mol. The molecule has 0 atom stereocenters. The summed E-state index contributed by atoms with van der Waals surface area (Å²) >= 11 is 0. The van der Waals surface area contributed by atoms with Crippen molar-refractivity contribution in [2.45, 2.75) is 46.3 Å². The van der Waals surface area contributed by atoms with Gasteiger partial charge in [-0.3, -0.25) is 0 Å². The maximum Gasteiger partial charge on any atom is 0.0599 e. The van der Waals surface area contributed by atoms with Crippen molar-refractivity contribution in [3.8, 4) is 0 Å². The minimum absolute atomic E-state index is 0.0387. The highest BCUT2D eigenvalue weighted by Crippen LogP contribution is 2.09. The van der Waals surface area contributed by atoms with Crippen LogP contribution in [0, 0.1) is 0 Å². The predicted octanol–water partition coefficient (Wildman–Crippen LogP) is 3.15. The molecule has 1 aromatic carbocycles. The lowest BCUT2D eigenvalue weighted by molar-refractivity contribution is -0.000890. The van der Waals surface area contributed by atoms with E-state index in [0.717, 1.165) is 26.1 Å². The van der Waals surface area contributed by atoms with E-state index in [1.165, 1.54) is 11.1 Å². The van der Waals surface area contributed by atoms with E-state index in [1.807, 2.05) is 0 Å². The Morgan fingerprint density at radius 3 is 2.35 bits per heavy atom. The number of hydrogen-bond acceptors (Lipinski definition) is 2. The van der Waals surface area contributed by atoms with Gasteiger partial charge in [-0.15, -0.1) is 0 Å². The summed E-state index contributed by atoms with van der Waals surface area (Å²) in [6, 6.07) is 8.59. The van der Waals surface area contributed by atoms with Crippen LogP contribution in [0.4, 0.5) is 0 Å². The number of hydrogen-bond donors (Lipinski definition) is 1. The topological polar surface area (TPSA) is 21.3 Å². The molecular formula is C15H25NO. The Morgan fingerprint density at radius 2 is 1.76 bits per heavy atom. The van der Waals surface area contributed by atoms with Crippen molar-refractivity contribution in [2.24, 2.45) is 0 Å². The summed E-state index contributed by atoms with van der Waals surface area (Å²) in [5.41, 5.74) is 2.78. The number of nitrogens with one attached hydrogen (secondary N) is 1. The quantitative estimate of drug-likeness (QED) is 0.765. The van der Waals surface area contributed by atoms with Crippen LogP contribution in [0.2, 0.25) is 0 Å². The molecule has 0 heterocycles. The Bertz CT molecular complexity index is 328. The summed E-state index contributed by atoms with van der Waals surface area (Å²) in [6.07, 6.45) is 1.09. The van der Waals surface area contributed by atoms with Crippen molar-refractivity contribution in [3.63, 3.8) is 0 Å². The largest absolute Gasteiger partial charge is 0.375 e. The highest BCUT2D eigenvalue weighted by Gasteiger charge is 2.08. The fourth-order valence-corrected chi connectivity index (χ4v) is 1.73. The van der Waals surface area contributed by atoms with Crippen molar-refractivity contribution in [2.75, 3.05) is 13.2 Å². The fourth-order valence-electron chi connectivity index (χ4n) is 1.73. The molecular weight excluding hydrogens is 210 g/mol. The van der Waals surface area contributed by atoms with E-state index < -0.39 is 0 Å². The molecule has 0 unspecified atom stereocenters. The minimum atomic E-state index is -0.0387.